The number of nitrogens with one attached hydrogen (secondary N) is 1. The van der Waals surface area contributed by atoms with Gasteiger partial charge in [-0.1, -0.05) is 25.1 Å². The number of hydrogen-bond donors (Lipinski definition) is 1. The van der Waals surface area contributed by atoms with E-state index >= 15 is 0 Å². The minimum atomic E-state index is -0.381. The molecule has 3 heterocycles. The Hall–Kier alpha value is -3.30. The van der Waals surface area contributed by atoms with Crippen LogP contribution < -0.4 is 10.4 Å². The molecule has 0 radical (unpaired) electrons. The standard InChI is InChI=1S/C26H30FN5O3/c1-2-29-16-21(23-22(17-29)26(35)32(28-23)20-6-4-3-5-7-20)25(34)31-14-12-30(13-15-31)24(33)18-8-10-19(27)11-9-18/h3-11,21-23,28H,2,12-17H2,1H3. The van der Waals surface area contributed by atoms with Crippen LogP contribution in [0, 0.1) is 17.7 Å². The summed E-state index contributed by atoms with van der Waals surface area (Å²) < 4.78 is 13.2. The molecule has 3 aliphatic heterocycles. The Kier molecular flexibility index (Phi) is 6.53. The van der Waals surface area contributed by atoms with Crippen LogP contribution in [0.4, 0.5) is 10.1 Å². The second-order valence-corrected chi connectivity index (χ2v) is 9.35. The molecule has 0 saturated carbocycles. The molecule has 1 N–H and O–H groups in total. The molecule has 35 heavy (non-hydrogen) atoms. The van der Waals surface area contributed by atoms with E-state index in [0.717, 1.165) is 12.2 Å². The van der Waals surface area contributed by atoms with Crippen LogP contribution in [0.3, 0.4) is 0 Å². The molecule has 0 aromatic heterocycles. The zero-order valence-electron chi connectivity index (χ0n) is 19.8. The number of benzene rings is 2. The number of fused-ring (bicyclic) bond motifs is 1. The number of piperazine rings is 1. The molecule has 0 aliphatic carbocycles. The van der Waals surface area contributed by atoms with Gasteiger partial charge in [0.1, 0.15) is 5.82 Å². The lowest BCUT2D eigenvalue weighted by molar-refractivity contribution is -0.141. The molecular weight excluding hydrogens is 449 g/mol. The van der Waals surface area contributed by atoms with Gasteiger partial charge in [0, 0.05) is 44.8 Å². The van der Waals surface area contributed by atoms with Gasteiger partial charge in [-0.2, -0.15) is 0 Å². The average molecular weight is 480 g/mol. The fraction of sp³-hybridized carbons (Fsp3) is 0.423. The zero-order valence-corrected chi connectivity index (χ0v) is 19.8. The van der Waals surface area contributed by atoms with Crippen LogP contribution >= 0.6 is 0 Å². The molecule has 3 unspecified atom stereocenters. The fourth-order valence-corrected chi connectivity index (χ4v) is 5.34. The number of carbonyl (C=O) groups excluding carboxylic acids is 3. The highest BCUT2D eigenvalue weighted by molar-refractivity contribution is 5.98. The van der Waals surface area contributed by atoms with Crippen LogP contribution in [0.15, 0.2) is 54.6 Å². The fourth-order valence-electron chi connectivity index (χ4n) is 5.34. The predicted molar refractivity (Wildman–Crippen MR) is 129 cm³/mol. The molecule has 3 amide bonds. The lowest BCUT2D eigenvalue weighted by Crippen LogP contribution is -2.60. The van der Waals surface area contributed by atoms with Crippen LogP contribution in [0.5, 0.6) is 0 Å². The monoisotopic (exact) mass is 479 g/mol. The largest absolute Gasteiger partial charge is 0.339 e. The highest BCUT2D eigenvalue weighted by atomic mass is 19.1. The number of piperidine rings is 1. The summed E-state index contributed by atoms with van der Waals surface area (Å²) >= 11 is 0. The molecular formula is C26H30FN5O3. The van der Waals surface area contributed by atoms with Gasteiger partial charge in [-0.15, -0.1) is 0 Å². The van der Waals surface area contributed by atoms with Gasteiger partial charge in [0.05, 0.1) is 23.6 Å². The molecule has 3 saturated heterocycles. The van der Waals surface area contributed by atoms with Crippen molar-refractivity contribution in [3.8, 4) is 0 Å². The third-order valence-corrected chi connectivity index (χ3v) is 7.34. The van der Waals surface area contributed by atoms with Gasteiger partial charge < -0.3 is 14.7 Å². The lowest BCUT2D eigenvalue weighted by Gasteiger charge is -2.42. The van der Waals surface area contributed by atoms with E-state index in [1.807, 2.05) is 42.2 Å². The molecule has 0 spiro atoms. The summed E-state index contributed by atoms with van der Waals surface area (Å²) in [4.78, 5) is 45.4. The van der Waals surface area contributed by atoms with Crippen molar-refractivity contribution < 1.29 is 18.8 Å². The van der Waals surface area contributed by atoms with Crippen molar-refractivity contribution in [3.63, 3.8) is 0 Å². The Morgan fingerprint density at radius 3 is 2.26 bits per heavy atom. The van der Waals surface area contributed by atoms with E-state index in [1.165, 1.54) is 24.3 Å². The van der Waals surface area contributed by atoms with Gasteiger partial charge in [-0.05, 0) is 42.9 Å². The number of para-hydroxylation sites is 1. The normalized spacial score (nSPS) is 25.0. The van der Waals surface area contributed by atoms with Gasteiger partial charge in [0.2, 0.25) is 11.8 Å². The molecule has 3 fully saturated rings. The van der Waals surface area contributed by atoms with Crippen molar-refractivity contribution >= 4 is 23.4 Å². The SMILES string of the molecule is CCN1CC(C(=O)N2CCN(C(=O)c3ccc(F)cc3)CC2)C2NN(c3ccccc3)C(=O)C2C1. The third-order valence-electron chi connectivity index (χ3n) is 7.34. The first kappa shape index (κ1) is 23.4. The summed E-state index contributed by atoms with van der Waals surface area (Å²) in [5.41, 5.74) is 4.55. The maximum Gasteiger partial charge on any atom is 0.253 e. The van der Waals surface area contributed by atoms with Crippen molar-refractivity contribution in [1.29, 1.82) is 0 Å². The molecule has 5 rings (SSSR count). The zero-order chi connectivity index (χ0) is 24.5. The first-order chi connectivity index (χ1) is 17.0. The number of hydrogen-bond acceptors (Lipinski definition) is 5. The molecule has 2 aromatic carbocycles. The summed E-state index contributed by atoms with van der Waals surface area (Å²) in [6.07, 6.45) is 0. The van der Waals surface area contributed by atoms with E-state index in [-0.39, 0.29) is 41.4 Å². The van der Waals surface area contributed by atoms with Gasteiger partial charge in [-0.25, -0.2) is 14.8 Å². The Balaban J connectivity index is 1.27. The molecule has 3 atom stereocenters. The van der Waals surface area contributed by atoms with E-state index in [1.54, 1.807) is 9.91 Å². The second-order valence-electron chi connectivity index (χ2n) is 9.35. The highest BCUT2D eigenvalue weighted by Gasteiger charge is 2.51. The number of carbonyl (C=O) groups is 3. The predicted octanol–water partition coefficient (Wildman–Crippen LogP) is 1.60. The summed E-state index contributed by atoms with van der Waals surface area (Å²) in [6.45, 7) is 5.74. The van der Waals surface area contributed by atoms with Crippen molar-refractivity contribution in [2.24, 2.45) is 11.8 Å². The van der Waals surface area contributed by atoms with Crippen LogP contribution in [-0.4, -0.2) is 84.3 Å². The van der Waals surface area contributed by atoms with Crippen LogP contribution in [0.25, 0.3) is 0 Å². The summed E-state index contributed by atoms with van der Waals surface area (Å²) in [6, 6.07) is 14.7. The van der Waals surface area contributed by atoms with Crippen LogP contribution in [0.1, 0.15) is 17.3 Å². The summed E-state index contributed by atoms with van der Waals surface area (Å²) in [7, 11) is 0. The highest BCUT2D eigenvalue weighted by Crippen LogP contribution is 2.32. The van der Waals surface area contributed by atoms with Gasteiger partial charge in [0.15, 0.2) is 0 Å². The molecule has 2 aromatic rings. The van der Waals surface area contributed by atoms with E-state index in [2.05, 4.69) is 10.3 Å². The average Bonchev–Trinajstić information content (AvgIpc) is 3.24. The van der Waals surface area contributed by atoms with Crippen molar-refractivity contribution in [2.45, 2.75) is 13.0 Å². The van der Waals surface area contributed by atoms with Gasteiger partial charge in [-0.3, -0.25) is 14.4 Å². The molecule has 0 bridgehead atoms. The van der Waals surface area contributed by atoms with Crippen molar-refractivity contribution in [2.75, 3.05) is 50.8 Å². The summed E-state index contributed by atoms with van der Waals surface area (Å²) in [5, 5.41) is 1.59. The van der Waals surface area contributed by atoms with Gasteiger partial charge >= 0.3 is 0 Å². The quantitative estimate of drug-likeness (QED) is 0.721. The number of likely N-dealkylation sites (tertiary alicyclic amines) is 1. The molecule has 184 valence electrons. The number of nitrogens with zero attached hydrogens (tertiary/aromatic N) is 4. The summed E-state index contributed by atoms with van der Waals surface area (Å²) in [5.74, 6) is -1.18. The number of halogens is 1. The first-order valence-corrected chi connectivity index (χ1v) is 12.2. The second kappa shape index (κ2) is 9.75. The van der Waals surface area contributed by atoms with E-state index in [4.69, 9.17) is 0 Å². The van der Waals surface area contributed by atoms with E-state index in [9.17, 15) is 18.8 Å². The number of hydrazine groups is 1. The molecule has 3 aliphatic rings. The smallest absolute Gasteiger partial charge is 0.253 e. The third kappa shape index (κ3) is 4.53. The maximum atomic E-state index is 13.7. The Bertz CT molecular complexity index is 1090. The van der Waals surface area contributed by atoms with E-state index < -0.39 is 0 Å². The van der Waals surface area contributed by atoms with Crippen molar-refractivity contribution in [1.82, 2.24) is 20.1 Å². The van der Waals surface area contributed by atoms with Crippen LogP contribution in [0.2, 0.25) is 0 Å². The Labute approximate surface area is 204 Å². The van der Waals surface area contributed by atoms with E-state index in [0.29, 0.717) is 44.8 Å². The maximum absolute atomic E-state index is 13.7. The minimum absolute atomic E-state index is 0.00753. The lowest BCUT2D eigenvalue weighted by atomic mass is 9.83. The topological polar surface area (TPSA) is 76.2 Å². The van der Waals surface area contributed by atoms with Gasteiger partial charge in [0.25, 0.3) is 5.91 Å². The molecule has 9 heteroatoms. The number of amides is 3. The Morgan fingerprint density at radius 2 is 1.60 bits per heavy atom. The van der Waals surface area contributed by atoms with Crippen molar-refractivity contribution in [3.05, 3.63) is 66.0 Å². The molecule has 8 nitrogen and oxygen atoms in total. The Morgan fingerprint density at radius 1 is 0.943 bits per heavy atom. The number of rotatable bonds is 4. The minimum Gasteiger partial charge on any atom is -0.339 e. The van der Waals surface area contributed by atoms with Crippen LogP contribution in [-0.2, 0) is 9.59 Å². The first-order valence-electron chi connectivity index (χ1n) is 12.2. The number of anilines is 1.